The summed E-state index contributed by atoms with van der Waals surface area (Å²) < 4.78 is 5.84. The summed E-state index contributed by atoms with van der Waals surface area (Å²) in [7, 11) is 0. The summed E-state index contributed by atoms with van der Waals surface area (Å²) in [4.78, 5) is 14.3. The Labute approximate surface area is 156 Å². The molecule has 1 aromatic heterocycles. The minimum atomic E-state index is -0.626. The second-order valence-corrected chi connectivity index (χ2v) is 6.09. The van der Waals surface area contributed by atoms with Gasteiger partial charge in [0.25, 0.3) is 5.56 Å². The molecule has 1 heterocycles. The molecule has 0 spiro atoms. The molecule has 0 atom stereocenters. The van der Waals surface area contributed by atoms with Crippen LogP contribution in [-0.4, -0.2) is 4.98 Å². The number of aryl methyl sites for hydroxylation is 2. The van der Waals surface area contributed by atoms with Gasteiger partial charge in [0.05, 0.1) is 0 Å². The quantitative estimate of drug-likeness (QED) is 0.741. The van der Waals surface area contributed by atoms with E-state index in [0.29, 0.717) is 17.1 Å². The second-order valence-electron chi connectivity index (χ2n) is 6.09. The Bertz CT molecular complexity index is 1160. The first kappa shape index (κ1) is 17.8. The van der Waals surface area contributed by atoms with Crippen molar-refractivity contribution in [3.05, 3.63) is 75.1 Å². The van der Waals surface area contributed by atoms with Crippen LogP contribution in [0.2, 0.25) is 0 Å². The smallest absolute Gasteiger partial charge is 0.268 e. The molecule has 0 saturated heterocycles. The molecule has 0 saturated carbocycles. The average Bonchev–Trinajstić information content (AvgIpc) is 2.65. The van der Waals surface area contributed by atoms with E-state index < -0.39 is 5.56 Å². The van der Waals surface area contributed by atoms with Crippen LogP contribution in [-0.2, 0) is 0 Å². The van der Waals surface area contributed by atoms with Gasteiger partial charge >= 0.3 is 0 Å². The van der Waals surface area contributed by atoms with Gasteiger partial charge in [-0.05, 0) is 54.8 Å². The van der Waals surface area contributed by atoms with Gasteiger partial charge in [-0.15, -0.1) is 0 Å². The number of nitriles is 2. The van der Waals surface area contributed by atoms with Crippen LogP contribution in [0.1, 0.15) is 22.3 Å². The number of nitrogen functional groups attached to an aromatic ring is 1. The second kappa shape index (κ2) is 7.07. The van der Waals surface area contributed by atoms with Gasteiger partial charge in [-0.25, -0.2) is 0 Å². The SMILES string of the molecule is Cc1ccc(Oc2ccc(-c3c(C#N)c(N)[nH]c(=O)c3C#N)cc2)cc1C. The number of benzene rings is 2. The van der Waals surface area contributed by atoms with Gasteiger partial charge in [0.1, 0.15) is 40.6 Å². The number of aromatic nitrogens is 1. The highest BCUT2D eigenvalue weighted by molar-refractivity contribution is 5.80. The third-order valence-electron chi connectivity index (χ3n) is 4.33. The van der Waals surface area contributed by atoms with Gasteiger partial charge in [-0.2, -0.15) is 10.5 Å². The van der Waals surface area contributed by atoms with E-state index in [1.165, 1.54) is 5.56 Å². The minimum Gasteiger partial charge on any atom is -0.457 e. The van der Waals surface area contributed by atoms with E-state index in [9.17, 15) is 15.3 Å². The monoisotopic (exact) mass is 356 g/mol. The fourth-order valence-corrected chi connectivity index (χ4v) is 2.74. The Morgan fingerprint density at radius 1 is 0.926 bits per heavy atom. The number of pyridine rings is 1. The van der Waals surface area contributed by atoms with Gasteiger partial charge in [0, 0.05) is 5.56 Å². The molecule has 0 amide bonds. The number of rotatable bonds is 3. The van der Waals surface area contributed by atoms with Crippen LogP contribution in [0.4, 0.5) is 5.82 Å². The molecule has 27 heavy (non-hydrogen) atoms. The van der Waals surface area contributed by atoms with Gasteiger partial charge in [-0.1, -0.05) is 18.2 Å². The van der Waals surface area contributed by atoms with Crippen LogP contribution in [0.5, 0.6) is 11.5 Å². The zero-order valence-electron chi connectivity index (χ0n) is 14.8. The molecule has 6 nitrogen and oxygen atoms in total. The summed E-state index contributed by atoms with van der Waals surface area (Å²) in [6.45, 7) is 4.04. The lowest BCUT2D eigenvalue weighted by molar-refractivity contribution is 0.482. The van der Waals surface area contributed by atoms with Crippen molar-refractivity contribution < 1.29 is 4.74 Å². The first-order chi connectivity index (χ1) is 12.9. The highest BCUT2D eigenvalue weighted by Crippen LogP contribution is 2.31. The Hall–Kier alpha value is -4.03. The Morgan fingerprint density at radius 2 is 1.56 bits per heavy atom. The lowest BCUT2D eigenvalue weighted by atomic mass is 9.96. The Balaban J connectivity index is 2.02. The highest BCUT2D eigenvalue weighted by Gasteiger charge is 2.18. The normalized spacial score (nSPS) is 10.1. The molecule has 0 aliphatic rings. The average molecular weight is 356 g/mol. The van der Waals surface area contributed by atoms with Crippen molar-refractivity contribution in [1.82, 2.24) is 4.98 Å². The van der Waals surface area contributed by atoms with E-state index in [0.717, 1.165) is 5.56 Å². The van der Waals surface area contributed by atoms with E-state index in [2.05, 4.69) is 4.98 Å². The van der Waals surface area contributed by atoms with E-state index in [4.69, 9.17) is 10.5 Å². The van der Waals surface area contributed by atoms with Crippen LogP contribution >= 0.6 is 0 Å². The van der Waals surface area contributed by atoms with Crippen molar-refractivity contribution in [3.63, 3.8) is 0 Å². The summed E-state index contributed by atoms with van der Waals surface area (Å²) in [5, 5.41) is 18.7. The Kier molecular flexibility index (Phi) is 4.66. The zero-order chi connectivity index (χ0) is 19.6. The molecule has 0 bridgehead atoms. The molecule has 0 fully saturated rings. The van der Waals surface area contributed by atoms with Crippen molar-refractivity contribution in [2.24, 2.45) is 0 Å². The molecule has 6 heteroatoms. The molecule has 3 rings (SSSR count). The third kappa shape index (κ3) is 3.37. The van der Waals surface area contributed by atoms with Crippen LogP contribution in [0.25, 0.3) is 11.1 Å². The van der Waals surface area contributed by atoms with Crippen molar-refractivity contribution >= 4 is 5.82 Å². The summed E-state index contributed by atoms with van der Waals surface area (Å²) >= 11 is 0. The maximum absolute atomic E-state index is 12.0. The standard InChI is InChI=1S/C21H16N4O2/c1-12-3-6-16(9-13(12)2)27-15-7-4-14(5-8-15)19-17(10-22)20(24)25-21(26)18(19)11-23/h3-9H,1-2H3,(H3,24,25,26). The number of aromatic amines is 1. The summed E-state index contributed by atoms with van der Waals surface area (Å²) in [6, 6.07) is 16.4. The summed E-state index contributed by atoms with van der Waals surface area (Å²) in [6.07, 6.45) is 0. The fraction of sp³-hybridized carbons (Fsp3) is 0.0952. The maximum Gasteiger partial charge on any atom is 0.268 e. The van der Waals surface area contributed by atoms with E-state index in [1.54, 1.807) is 24.3 Å². The molecule has 132 valence electrons. The number of anilines is 1. The largest absolute Gasteiger partial charge is 0.457 e. The van der Waals surface area contributed by atoms with Crippen LogP contribution in [0.15, 0.2) is 47.3 Å². The molecular weight excluding hydrogens is 340 g/mol. The predicted octanol–water partition coefficient (Wildman–Crippen LogP) is 3.78. The van der Waals surface area contributed by atoms with Gasteiger partial charge in [0.2, 0.25) is 0 Å². The topological polar surface area (TPSA) is 116 Å². The van der Waals surface area contributed by atoms with E-state index in [-0.39, 0.29) is 22.5 Å². The zero-order valence-corrected chi connectivity index (χ0v) is 14.8. The molecule has 2 aromatic carbocycles. The molecule has 0 unspecified atom stereocenters. The van der Waals surface area contributed by atoms with Gasteiger partial charge in [0.15, 0.2) is 0 Å². The number of nitrogens with two attached hydrogens (primary N) is 1. The summed E-state index contributed by atoms with van der Waals surface area (Å²) in [5.74, 6) is 1.24. The first-order valence-corrected chi connectivity index (χ1v) is 8.16. The molecular formula is C21H16N4O2. The number of ether oxygens (including phenoxy) is 1. The lowest BCUT2D eigenvalue weighted by Crippen LogP contribution is -2.16. The van der Waals surface area contributed by atoms with E-state index in [1.807, 2.05) is 44.2 Å². The first-order valence-electron chi connectivity index (χ1n) is 8.16. The molecule has 0 aliphatic heterocycles. The van der Waals surface area contributed by atoms with Crippen molar-refractivity contribution in [1.29, 1.82) is 10.5 Å². The van der Waals surface area contributed by atoms with Crippen LogP contribution in [0, 0.1) is 36.5 Å². The predicted molar refractivity (Wildman–Crippen MR) is 102 cm³/mol. The number of nitrogens with one attached hydrogen (secondary N) is 1. The number of hydrogen-bond acceptors (Lipinski definition) is 5. The molecule has 3 aromatic rings. The maximum atomic E-state index is 12.0. The van der Waals surface area contributed by atoms with Crippen LogP contribution in [0.3, 0.4) is 0 Å². The summed E-state index contributed by atoms with van der Waals surface area (Å²) in [5.41, 5.74) is 8.09. The molecule has 0 radical (unpaired) electrons. The number of H-pyrrole nitrogens is 1. The van der Waals surface area contributed by atoms with Crippen molar-refractivity contribution in [3.8, 4) is 34.8 Å². The van der Waals surface area contributed by atoms with Gasteiger partial charge in [-0.3, -0.25) is 4.79 Å². The number of nitrogens with zero attached hydrogens (tertiary/aromatic N) is 2. The minimum absolute atomic E-state index is 0.0630. The molecule has 0 aliphatic carbocycles. The van der Waals surface area contributed by atoms with Gasteiger partial charge < -0.3 is 15.5 Å². The lowest BCUT2D eigenvalue weighted by Gasteiger charge is -2.11. The third-order valence-corrected chi connectivity index (χ3v) is 4.33. The van der Waals surface area contributed by atoms with Crippen LogP contribution < -0.4 is 16.0 Å². The van der Waals surface area contributed by atoms with Crippen molar-refractivity contribution in [2.45, 2.75) is 13.8 Å². The van der Waals surface area contributed by atoms with E-state index >= 15 is 0 Å². The Morgan fingerprint density at radius 3 is 2.15 bits per heavy atom. The fourth-order valence-electron chi connectivity index (χ4n) is 2.74. The molecule has 3 N–H and O–H groups in total. The number of hydrogen-bond donors (Lipinski definition) is 2. The highest BCUT2D eigenvalue weighted by atomic mass is 16.5. The van der Waals surface area contributed by atoms with Crippen molar-refractivity contribution in [2.75, 3.05) is 5.73 Å².